The van der Waals surface area contributed by atoms with E-state index < -0.39 is 0 Å². The summed E-state index contributed by atoms with van der Waals surface area (Å²) >= 11 is 0. The van der Waals surface area contributed by atoms with Crippen molar-refractivity contribution in [2.24, 2.45) is 0 Å². The van der Waals surface area contributed by atoms with Gasteiger partial charge in [0.1, 0.15) is 0 Å². The maximum atomic E-state index is 5.69. The van der Waals surface area contributed by atoms with Gasteiger partial charge in [-0.1, -0.05) is 25.1 Å². The van der Waals surface area contributed by atoms with Crippen LogP contribution in [-0.2, 0) is 0 Å². The summed E-state index contributed by atoms with van der Waals surface area (Å²) < 4.78 is 11.1. The van der Waals surface area contributed by atoms with Gasteiger partial charge in [-0.2, -0.15) is 0 Å². The number of hydrogen-bond donors (Lipinski definition) is 1. The lowest BCUT2D eigenvalue weighted by molar-refractivity contribution is 0.294. The molecule has 21 heavy (non-hydrogen) atoms. The zero-order chi connectivity index (χ0) is 14.7. The highest BCUT2D eigenvalue weighted by Crippen LogP contribution is 2.33. The Kier molecular flexibility index (Phi) is 3.82. The number of fused-ring (bicyclic) bond motifs is 1. The van der Waals surface area contributed by atoms with E-state index in [-0.39, 0.29) is 0 Å². The molecule has 0 unspecified atom stereocenters. The van der Waals surface area contributed by atoms with Gasteiger partial charge in [0.25, 0.3) is 0 Å². The van der Waals surface area contributed by atoms with Crippen molar-refractivity contribution in [2.75, 3.05) is 13.7 Å². The summed E-state index contributed by atoms with van der Waals surface area (Å²) in [5, 5.41) is 1.21. The molecule has 0 fully saturated rings. The third-order valence-electron chi connectivity index (χ3n) is 3.47. The van der Waals surface area contributed by atoms with Gasteiger partial charge in [0.2, 0.25) is 0 Å². The fourth-order valence-corrected chi connectivity index (χ4v) is 2.40. The molecule has 0 spiro atoms. The molecule has 0 saturated carbocycles. The summed E-state index contributed by atoms with van der Waals surface area (Å²) in [7, 11) is 1.67. The molecule has 0 amide bonds. The van der Waals surface area contributed by atoms with E-state index in [4.69, 9.17) is 9.47 Å². The van der Waals surface area contributed by atoms with Gasteiger partial charge < -0.3 is 14.5 Å². The molecular formula is C18H19NO2. The van der Waals surface area contributed by atoms with Gasteiger partial charge in [0, 0.05) is 22.2 Å². The quantitative estimate of drug-likeness (QED) is 0.739. The van der Waals surface area contributed by atoms with Gasteiger partial charge in [0.15, 0.2) is 11.5 Å². The first-order valence-corrected chi connectivity index (χ1v) is 7.21. The van der Waals surface area contributed by atoms with Crippen molar-refractivity contribution < 1.29 is 9.47 Å². The average molecular weight is 281 g/mol. The monoisotopic (exact) mass is 281 g/mol. The van der Waals surface area contributed by atoms with Crippen LogP contribution in [-0.4, -0.2) is 18.7 Å². The third kappa shape index (κ3) is 2.72. The second-order valence-corrected chi connectivity index (χ2v) is 4.98. The highest BCUT2D eigenvalue weighted by molar-refractivity contribution is 5.86. The summed E-state index contributed by atoms with van der Waals surface area (Å²) in [6.07, 6.45) is 0.979. The fraction of sp³-hybridized carbons (Fsp3) is 0.222. The molecule has 0 bridgehead atoms. The van der Waals surface area contributed by atoms with E-state index in [1.807, 2.05) is 24.3 Å². The molecule has 1 N–H and O–H groups in total. The van der Waals surface area contributed by atoms with Crippen molar-refractivity contribution >= 4 is 10.9 Å². The lowest BCUT2D eigenvalue weighted by atomic mass is 10.1. The van der Waals surface area contributed by atoms with Crippen molar-refractivity contribution in [2.45, 2.75) is 13.3 Å². The van der Waals surface area contributed by atoms with Gasteiger partial charge in [-0.05, 0) is 36.8 Å². The Morgan fingerprint density at radius 2 is 1.86 bits per heavy atom. The van der Waals surface area contributed by atoms with E-state index in [0.29, 0.717) is 6.61 Å². The van der Waals surface area contributed by atoms with Crippen LogP contribution in [0.15, 0.2) is 48.5 Å². The minimum absolute atomic E-state index is 0.697. The van der Waals surface area contributed by atoms with E-state index in [0.717, 1.165) is 34.7 Å². The Morgan fingerprint density at radius 1 is 1.00 bits per heavy atom. The fourth-order valence-electron chi connectivity index (χ4n) is 2.40. The summed E-state index contributed by atoms with van der Waals surface area (Å²) in [6.45, 7) is 2.79. The van der Waals surface area contributed by atoms with Crippen LogP contribution in [0.2, 0.25) is 0 Å². The number of rotatable bonds is 5. The van der Waals surface area contributed by atoms with Crippen LogP contribution in [0.25, 0.3) is 22.2 Å². The molecule has 0 aliphatic rings. The molecule has 108 valence electrons. The zero-order valence-electron chi connectivity index (χ0n) is 12.3. The van der Waals surface area contributed by atoms with Crippen LogP contribution in [0.4, 0.5) is 0 Å². The van der Waals surface area contributed by atoms with Crippen LogP contribution in [0.3, 0.4) is 0 Å². The van der Waals surface area contributed by atoms with Crippen LogP contribution in [0, 0.1) is 0 Å². The molecule has 1 aromatic heterocycles. The van der Waals surface area contributed by atoms with E-state index in [2.05, 4.69) is 36.2 Å². The minimum atomic E-state index is 0.697. The van der Waals surface area contributed by atoms with Crippen LogP contribution < -0.4 is 9.47 Å². The number of H-pyrrole nitrogens is 1. The first-order chi connectivity index (χ1) is 10.3. The second-order valence-electron chi connectivity index (χ2n) is 4.98. The normalized spacial score (nSPS) is 10.8. The molecule has 0 aliphatic carbocycles. The van der Waals surface area contributed by atoms with Crippen LogP contribution in [0.1, 0.15) is 13.3 Å². The predicted octanol–water partition coefficient (Wildman–Crippen LogP) is 4.63. The van der Waals surface area contributed by atoms with Crippen molar-refractivity contribution in [3.8, 4) is 22.8 Å². The standard InChI is InChI=1S/C18H19NO2/c1-3-10-21-17-9-8-14(12-18(17)20-2)16-11-13-6-4-5-7-15(13)19-16/h4-9,11-12,19H,3,10H2,1-2H3. The molecule has 0 saturated heterocycles. The number of para-hydroxylation sites is 1. The SMILES string of the molecule is CCCOc1ccc(-c2cc3ccccc3[nH]2)cc1OC. The Hall–Kier alpha value is -2.42. The second kappa shape index (κ2) is 5.92. The Bertz CT molecular complexity index is 713. The van der Waals surface area contributed by atoms with Crippen molar-refractivity contribution in [3.05, 3.63) is 48.5 Å². The van der Waals surface area contributed by atoms with Crippen LogP contribution in [0.5, 0.6) is 11.5 Å². The van der Waals surface area contributed by atoms with Crippen molar-refractivity contribution in [3.63, 3.8) is 0 Å². The smallest absolute Gasteiger partial charge is 0.161 e. The first-order valence-electron chi connectivity index (χ1n) is 7.21. The highest BCUT2D eigenvalue weighted by atomic mass is 16.5. The molecule has 0 aliphatic heterocycles. The topological polar surface area (TPSA) is 34.2 Å². The zero-order valence-corrected chi connectivity index (χ0v) is 12.3. The molecule has 3 heteroatoms. The Labute approximate surface area is 124 Å². The number of nitrogens with one attached hydrogen (secondary N) is 1. The Morgan fingerprint density at radius 3 is 2.62 bits per heavy atom. The highest BCUT2D eigenvalue weighted by Gasteiger charge is 2.09. The van der Waals surface area contributed by atoms with Crippen molar-refractivity contribution in [1.29, 1.82) is 0 Å². The lowest BCUT2D eigenvalue weighted by Crippen LogP contribution is -1.97. The number of benzene rings is 2. The summed E-state index contributed by atoms with van der Waals surface area (Å²) in [5.74, 6) is 1.55. The van der Waals surface area contributed by atoms with Gasteiger partial charge in [-0.3, -0.25) is 0 Å². The summed E-state index contributed by atoms with van der Waals surface area (Å²) in [6, 6.07) is 16.4. The Balaban J connectivity index is 1.98. The molecule has 3 rings (SSSR count). The van der Waals surface area contributed by atoms with Gasteiger partial charge >= 0.3 is 0 Å². The molecule has 0 radical (unpaired) electrons. The molecule has 0 atom stereocenters. The summed E-state index contributed by atoms with van der Waals surface area (Å²) in [5.41, 5.74) is 3.31. The van der Waals surface area contributed by atoms with E-state index in [1.165, 1.54) is 5.39 Å². The van der Waals surface area contributed by atoms with Gasteiger partial charge in [-0.25, -0.2) is 0 Å². The maximum absolute atomic E-state index is 5.69. The lowest BCUT2D eigenvalue weighted by Gasteiger charge is -2.11. The number of aromatic nitrogens is 1. The molecule has 3 aromatic rings. The first kappa shape index (κ1) is 13.6. The van der Waals surface area contributed by atoms with E-state index >= 15 is 0 Å². The summed E-state index contributed by atoms with van der Waals surface area (Å²) in [4.78, 5) is 3.43. The number of hydrogen-bond acceptors (Lipinski definition) is 2. The maximum Gasteiger partial charge on any atom is 0.161 e. The molecule has 1 heterocycles. The molecule has 3 nitrogen and oxygen atoms in total. The van der Waals surface area contributed by atoms with Crippen molar-refractivity contribution in [1.82, 2.24) is 4.98 Å². The predicted molar refractivity (Wildman–Crippen MR) is 86.1 cm³/mol. The number of aromatic amines is 1. The molecular weight excluding hydrogens is 262 g/mol. The average Bonchev–Trinajstić information content (AvgIpc) is 2.96. The molecule has 2 aromatic carbocycles. The number of ether oxygens (including phenoxy) is 2. The van der Waals surface area contributed by atoms with E-state index in [1.54, 1.807) is 7.11 Å². The van der Waals surface area contributed by atoms with Crippen LogP contribution >= 0.6 is 0 Å². The minimum Gasteiger partial charge on any atom is -0.493 e. The number of methoxy groups -OCH3 is 1. The third-order valence-corrected chi connectivity index (χ3v) is 3.47. The largest absolute Gasteiger partial charge is 0.493 e. The van der Waals surface area contributed by atoms with Gasteiger partial charge in [0.05, 0.1) is 13.7 Å². The van der Waals surface area contributed by atoms with E-state index in [9.17, 15) is 0 Å². The van der Waals surface area contributed by atoms with Gasteiger partial charge in [-0.15, -0.1) is 0 Å².